The number of allylic oxidation sites excluding steroid dienone is 4. The lowest BCUT2D eigenvalue weighted by Gasteiger charge is -2.17. The van der Waals surface area contributed by atoms with Crippen LogP contribution < -0.4 is 0 Å². The topological polar surface area (TPSA) is 23.8 Å². The average Bonchev–Trinajstić information content (AvgIpc) is 2.30. The smallest absolute Gasteiger partial charge is 0.0767 e. The van der Waals surface area contributed by atoms with Crippen molar-refractivity contribution in [1.82, 2.24) is 0 Å². The highest BCUT2D eigenvalue weighted by atomic mass is 35.5. The van der Waals surface area contributed by atoms with E-state index in [0.29, 0.717) is 5.03 Å². The molecule has 0 spiro atoms. The lowest BCUT2D eigenvalue weighted by Crippen LogP contribution is -2.04. The molecular weight excluding hydrogens is 218 g/mol. The summed E-state index contributed by atoms with van der Waals surface area (Å²) in [5.41, 5.74) is 3.21. The van der Waals surface area contributed by atoms with Gasteiger partial charge in [-0.1, -0.05) is 47.5 Å². The van der Waals surface area contributed by atoms with Gasteiger partial charge in [0.15, 0.2) is 0 Å². The van der Waals surface area contributed by atoms with Crippen molar-refractivity contribution in [1.29, 1.82) is 5.26 Å². The van der Waals surface area contributed by atoms with Crippen molar-refractivity contribution in [3.8, 4) is 6.07 Å². The van der Waals surface area contributed by atoms with Gasteiger partial charge in [-0.2, -0.15) is 5.26 Å². The van der Waals surface area contributed by atoms with E-state index in [1.54, 1.807) is 0 Å². The minimum atomic E-state index is -0.125. The maximum Gasteiger partial charge on any atom is 0.0767 e. The van der Waals surface area contributed by atoms with Gasteiger partial charge in [-0.3, -0.25) is 0 Å². The van der Waals surface area contributed by atoms with Crippen LogP contribution >= 0.6 is 11.6 Å². The maximum absolute atomic E-state index is 9.12. The summed E-state index contributed by atoms with van der Waals surface area (Å²) in [5.74, 6) is -0.125. The molecule has 1 atom stereocenters. The lowest BCUT2D eigenvalue weighted by atomic mass is 9.87. The van der Waals surface area contributed by atoms with E-state index in [4.69, 9.17) is 16.9 Å². The predicted octanol–water partition coefficient (Wildman–Crippen LogP) is 4.04. The van der Waals surface area contributed by atoms with E-state index in [0.717, 1.165) is 17.6 Å². The fraction of sp³-hybridized carbons (Fsp3) is 0.214. The Labute approximate surface area is 101 Å². The number of rotatable bonds is 1. The van der Waals surface area contributed by atoms with Gasteiger partial charge in [-0.15, -0.1) is 0 Å². The molecule has 0 aromatic heterocycles. The van der Waals surface area contributed by atoms with Crippen molar-refractivity contribution >= 4 is 17.2 Å². The van der Waals surface area contributed by atoms with Crippen molar-refractivity contribution in [3.05, 3.63) is 52.6 Å². The molecule has 1 unspecified atom stereocenters. The molecule has 0 heterocycles. The molecule has 0 radical (unpaired) electrons. The minimum Gasteiger partial charge on any atom is -0.198 e. The van der Waals surface area contributed by atoms with Crippen LogP contribution in [0.25, 0.3) is 5.57 Å². The highest BCUT2D eigenvalue weighted by Gasteiger charge is 2.20. The molecule has 1 aromatic carbocycles. The molecule has 0 N–H and O–H groups in total. The number of benzene rings is 1. The minimum absolute atomic E-state index is 0.125. The second-order valence-electron chi connectivity index (χ2n) is 3.95. The zero-order chi connectivity index (χ0) is 11.5. The summed E-state index contributed by atoms with van der Waals surface area (Å²) in [5, 5.41) is 9.80. The Morgan fingerprint density at radius 1 is 1.31 bits per heavy atom. The maximum atomic E-state index is 9.12. The second-order valence-corrected chi connectivity index (χ2v) is 4.35. The number of nitrogens with zero attached hydrogens (tertiary/aromatic N) is 1. The predicted molar refractivity (Wildman–Crippen MR) is 66.8 cm³/mol. The Balaban J connectivity index is 2.48. The van der Waals surface area contributed by atoms with Gasteiger partial charge < -0.3 is 0 Å². The largest absolute Gasteiger partial charge is 0.198 e. The van der Waals surface area contributed by atoms with Crippen LogP contribution in [0.2, 0.25) is 0 Å². The average molecular weight is 230 g/mol. The molecule has 1 nitrogen and oxygen atoms in total. The van der Waals surface area contributed by atoms with Gasteiger partial charge in [0, 0.05) is 5.03 Å². The molecule has 0 fully saturated rings. The Morgan fingerprint density at radius 3 is 2.62 bits per heavy atom. The van der Waals surface area contributed by atoms with Gasteiger partial charge in [0.1, 0.15) is 0 Å². The Morgan fingerprint density at radius 2 is 2.00 bits per heavy atom. The van der Waals surface area contributed by atoms with Gasteiger partial charge in [0.05, 0.1) is 12.0 Å². The standard InChI is InChI=1S/C14H12ClN/c1-10-5-7-11(8-6-10)14-12(9-16)3-2-4-13(14)15/h2,4-8,12H,3H2,1H3. The normalized spacial score (nSPS) is 19.7. The van der Waals surface area contributed by atoms with E-state index in [-0.39, 0.29) is 5.92 Å². The molecule has 0 aliphatic heterocycles. The molecule has 16 heavy (non-hydrogen) atoms. The fourth-order valence-corrected chi connectivity index (χ4v) is 2.20. The van der Waals surface area contributed by atoms with E-state index >= 15 is 0 Å². The highest BCUT2D eigenvalue weighted by Crippen LogP contribution is 2.35. The van der Waals surface area contributed by atoms with Crippen molar-refractivity contribution in [2.75, 3.05) is 0 Å². The molecule has 2 heteroatoms. The first kappa shape index (κ1) is 11.0. The monoisotopic (exact) mass is 229 g/mol. The molecule has 0 saturated carbocycles. The summed E-state index contributed by atoms with van der Waals surface area (Å²) in [4.78, 5) is 0. The summed E-state index contributed by atoms with van der Waals surface area (Å²) in [7, 11) is 0. The Hall–Kier alpha value is -1.52. The van der Waals surface area contributed by atoms with Crippen LogP contribution in [0.1, 0.15) is 17.5 Å². The number of nitriles is 1. The van der Waals surface area contributed by atoms with Crippen LogP contribution in [0.15, 0.2) is 41.4 Å². The summed E-state index contributed by atoms with van der Waals surface area (Å²) < 4.78 is 0. The molecule has 0 bridgehead atoms. The first-order valence-electron chi connectivity index (χ1n) is 5.25. The van der Waals surface area contributed by atoms with E-state index in [2.05, 4.69) is 6.07 Å². The molecule has 2 rings (SSSR count). The van der Waals surface area contributed by atoms with Crippen molar-refractivity contribution in [2.24, 2.45) is 5.92 Å². The summed E-state index contributed by atoms with van der Waals surface area (Å²) in [6, 6.07) is 10.4. The molecule has 0 amide bonds. The molecule has 80 valence electrons. The first-order valence-corrected chi connectivity index (χ1v) is 5.63. The van der Waals surface area contributed by atoms with Crippen LogP contribution in [0.3, 0.4) is 0 Å². The van der Waals surface area contributed by atoms with Gasteiger partial charge in [0.25, 0.3) is 0 Å². The van der Waals surface area contributed by atoms with Crippen LogP contribution in [0.4, 0.5) is 0 Å². The summed E-state index contributed by atoms with van der Waals surface area (Å²) in [6.45, 7) is 2.04. The van der Waals surface area contributed by atoms with E-state index in [9.17, 15) is 0 Å². The van der Waals surface area contributed by atoms with E-state index in [1.807, 2.05) is 43.3 Å². The van der Waals surface area contributed by atoms with E-state index < -0.39 is 0 Å². The summed E-state index contributed by atoms with van der Waals surface area (Å²) >= 11 is 6.17. The van der Waals surface area contributed by atoms with Crippen molar-refractivity contribution in [3.63, 3.8) is 0 Å². The van der Waals surface area contributed by atoms with Crippen molar-refractivity contribution < 1.29 is 0 Å². The third kappa shape index (κ3) is 2.03. The van der Waals surface area contributed by atoms with Crippen molar-refractivity contribution in [2.45, 2.75) is 13.3 Å². The van der Waals surface area contributed by atoms with Crippen LogP contribution in [-0.4, -0.2) is 0 Å². The number of aryl methyl sites for hydroxylation is 1. The fourth-order valence-electron chi connectivity index (χ4n) is 1.87. The number of hydrogen-bond donors (Lipinski definition) is 0. The molecule has 1 aliphatic carbocycles. The second kappa shape index (κ2) is 4.55. The van der Waals surface area contributed by atoms with Gasteiger partial charge in [-0.25, -0.2) is 0 Å². The zero-order valence-corrected chi connectivity index (χ0v) is 9.83. The zero-order valence-electron chi connectivity index (χ0n) is 9.07. The number of halogens is 1. The van der Waals surface area contributed by atoms with Gasteiger partial charge in [0.2, 0.25) is 0 Å². The van der Waals surface area contributed by atoms with Crippen LogP contribution in [-0.2, 0) is 0 Å². The van der Waals surface area contributed by atoms with Crippen LogP contribution in [0.5, 0.6) is 0 Å². The number of hydrogen-bond acceptors (Lipinski definition) is 1. The lowest BCUT2D eigenvalue weighted by molar-refractivity contribution is 0.857. The van der Waals surface area contributed by atoms with Gasteiger partial charge >= 0.3 is 0 Å². The molecule has 0 saturated heterocycles. The Bertz CT molecular complexity index is 488. The van der Waals surface area contributed by atoms with Crippen LogP contribution in [0, 0.1) is 24.2 Å². The third-order valence-electron chi connectivity index (χ3n) is 2.76. The first-order chi connectivity index (χ1) is 7.72. The third-order valence-corrected chi connectivity index (χ3v) is 3.09. The molecule has 1 aliphatic rings. The SMILES string of the molecule is Cc1ccc(C2=C(Cl)C=CCC2C#N)cc1. The van der Waals surface area contributed by atoms with E-state index in [1.165, 1.54) is 5.56 Å². The molecular formula is C14H12ClN. The summed E-state index contributed by atoms with van der Waals surface area (Å²) in [6.07, 6.45) is 4.58. The van der Waals surface area contributed by atoms with Gasteiger partial charge in [-0.05, 0) is 30.6 Å². The Kier molecular flexibility index (Phi) is 3.12. The quantitative estimate of drug-likeness (QED) is 0.713. The molecule has 1 aromatic rings. The highest BCUT2D eigenvalue weighted by molar-refractivity contribution is 6.34.